The van der Waals surface area contributed by atoms with Gasteiger partial charge in [0.1, 0.15) is 12.3 Å². The van der Waals surface area contributed by atoms with Crippen molar-refractivity contribution in [2.45, 2.75) is 32.9 Å². The lowest BCUT2D eigenvalue weighted by Gasteiger charge is -2.14. The second-order valence-electron chi connectivity index (χ2n) is 3.08. The molecular formula is C10H16N2O3. The summed E-state index contributed by atoms with van der Waals surface area (Å²) in [5, 5.41) is 6.80. The van der Waals surface area contributed by atoms with E-state index in [-0.39, 0.29) is 12.0 Å². The lowest BCUT2D eigenvalue weighted by atomic mass is 10.2. The minimum Gasteiger partial charge on any atom is -0.465 e. The molecule has 0 amide bonds. The monoisotopic (exact) mass is 212 g/mol. The van der Waals surface area contributed by atoms with Gasteiger partial charge in [-0.25, -0.2) is 0 Å². The van der Waals surface area contributed by atoms with E-state index in [9.17, 15) is 4.79 Å². The Morgan fingerprint density at radius 3 is 3.00 bits per heavy atom. The highest BCUT2D eigenvalue weighted by Crippen LogP contribution is 1.99. The molecule has 1 atom stereocenters. The Morgan fingerprint density at radius 2 is 2.47 bits per heavy atom. The number of nitrogens with zero attached hydrogens (tertiary/aromatic N) is 1. The summed E-state index contributed by atoms with van der Waals surface area (Å²) in [5.74, 6) is -0.219. The molecule has 0 bridgehead atoms. The molecule has 1 N–H and O–H groups in total. The Labute approximate surface area is 88.8 Å². The van der Waals surface area contributed by atoms with Crippen molar-refractivity contribution < 1.29 is 14.1 Å². The first kappa shape index (κ1) is 11.7. The van der Waals surface area contributed by atoms with Gasteiger partial charge in [0.25, 0.3) is 0 Å². The van der Waals surface area contributed by atoms with Crippen LogP contribution in [0.4, 0.5) is 0 Å². The zero-order valence-electron chi connectivity index (χ0n) is 9.03. The number of rotatable bonds is 6. The molecule has 5 nitrogen and oxygen atoms in total. The molecule has 1 rings (SSSR count). The maximum atomic E-state index is 11.4. The highest BCUT2D eigenvalue weighted by molar-refractivity contribution is 5.75. The predicted octanol–water partition coefficient (Wildman–Crippen LogP) is 1.11. The summed E-state index contributed by atoms with van der Waals surface area (Å²) in [6.45, 7) is 4.63. The first-order valence-electron chi connectivity index (χ1n) is 5.07. The highest BCUT2D eigenvalue weighted by Gasteiger charge is 2.16. The van der Waals surface area contributed by atoms with Crippen molar-refractivity contribution >= 4 is 5.97 Å². The third kappa shape index (κ3) is 3.71. The molecule has 1 unspecified atom stereocenters. The molecule has 84 valence electrons. The number of carbonyl (C=O) groups is 1. The van der Waals surface area contributed by atoms with Crippen LogP contribution >= 0.6 is 0 Å². The minimum atomic E-state index is -0.276. The Hall–Kier alpha value is -1.36. The van der Waals surface area contributed by atoms with E-state index < -0.39 is 0 Å². The van der Waals surface area contributed by atoms with Gasteiger partial charge in [-0.2, -0.15) is 0 Å². The molecule has 0 aliphatic rings. The van der Waals surface area contributed by atoms with Crippen LogP contribution in [0.15, 0.2) is 16.9 Å². The van der Waals surface area contributed by atoms with Gasteiger partial charge in [-0.1, -0.05) is 12.1 Å². The predicted molar refractivity (Wildman–Crippen MR) is 54.1 cm³/mol. The summed E-state index contributed by atoms with van der Waals surface area (Å²) in [6.07, 6.45) is 2.19. The summed E-state index contributed by atoms with van der Waals surface area (Å²) in [6, 6.07) is 1.48. The molecule has 0 fully saturated rings. The van der Waals surface area contributed by atoms with Gasteiger partial charge in [-0.3, -0.25) is 10.1 Å². The van der Waals surface area contributed by atoms with Gasteiger partial charge in [0, 0.05) is 12.6 Å². The van der Waals surface area contributed by atoms with Gasteiger partial charge >= 0.3 is 5.97 Å². The third-order valence-corrected chi connectivity index (χ3v) is 2.00. The van der Waals surface area contributed by atoms with Crippen LogP contribution in [0.25, 0.3) is 0 Å². The van der Waals surface area contributed by atoms with Crippen molar-refractivity contribution in [2.75, 3.05) is 6.61 Å². The smallest absolute Gasteiger partial charge is 0.323 e. The van der Waals surface area contributed by atoms with E-state index in [1.165, 1.54) is 6.26 Å². The first-order chi connectivity index (χ1) is 7.27. The van der Waals surface area contributed by atoms with Crippen molar-refractivity contribution in [1.82, 2.24) is 10.5 Å². The zero-order chi connectivity index (χ0) is 11.1. The van der Waals surface area contributed by atoms with E-state index in [1.807, 2.05) is 6.92 Å². The number of nitrogens with one attached hydrogen (secondary N) is 1. The molecule has 15 heavy (non-hydrogen) atoms. The number of hydrogen-bond acceptors (Lipinski definition) is 5. The lowest BCUT2D eigenvalue weighted by Crippen LogP contribution is -2.37. The van der Waals surface area contributed by atoms with Crippen LogP contribution in [0.5, 0.6) is 0 Å². The van der Waals surface area contributed by atoms with Gasteiger partial charge in [0.15, 0.2) is 0 Å². The average Bonchev–Trinajstić information content (AvgIpc) is 2.72. The Balaban J connectivity index is 2.37. The van der Waals surface area contributed by atoms with Crippen molar-refractivity contribution in [3.05, 3.63) is 18.0 Å². The van der Waals surface area contributed by atoms with E-state index in [0.717, 1.165) is 5.69 Å². The van der Waals surface area contributed by atoms with Crippen LogP contribution in [0.2, 0.25) is 0 Å². The molecule has 0 spiro atoms. The average molecular weight is 212 g/mol. The fourth-order valence-corrected chi connectivity index (χ4v) is 1.19. The highest BCUT2D eigenvalue weighted by atomic mass is 16.5. The van der Waals surface area contributed by atoms with Crippen molar-refractivity contribution in [3.8, 4) is 0 Å². The van der Waals surface area contributed by atoms with E-state index in [1.54, 1.807) is 13.0 Å². The summed E-state index contributed by atoms with van der Waals surface area (Å²) in [7, 11) is 0. The van der Waals surface area contributed by atoms with Crippen molar-refractivity contribution in [3.63, 3.8) is 0 Å². The molecule has 0 aliphatic heterocycles. The van der Waals surface area contributed by atoms with Gasteiger partial charge < -0.3 is 9.26 Å². The molecule has 1 aromatic heterocycles. The second-order valence-corrected chi connectivity index (χ2v) is 3.08. The maximum Gasteiger partial charge on any atom is 0.323 e. The minimum absolute atomic E-state index is 0.219. The SMILES string of the molecule is CCOC(=O)C(CC)NCc1ccon1. The molecule has 0 aliphatic carbocycles. The van der Waals surface area contributed by atoms with E-state index in [0.29, 0.717) is 19.6 Å². The molecule has 0 aromatic carbocycles. The van der Waals surface area contributed by atoms with Crippen LogP contribution in [-0.2, 0) is 16.1 Å². The second kappa shape index (κ2) is 6.19. The largest absolute Gasteiger partial charge is 0.465 e. The standard InChI is InChI=1S/C10H16N2O3/c1-3-9(10(13)14-4-2)11-7-8-5-6-15-12-8/h5-6,9,11H,3-4,7H2,1-2H3. The molecule has 0 saturated carbocycles. The van der Waals surface area contributed by atoms with Gasteiger partial charge in [0.2, 0.25) is 0 Å². The first-order valence-corrected chi connectivity index (χ1v) is 5.07. The summed E-state index contributed by atoms with van der Waals surface area (Å²) in [4.78, 5) is 11.4. The molecule has 0 radical (unpaired) electrons. The fourth-order valence-electron chi connectivity index (χ4n) is 1.19. The zero-order valence-corrected chi connectivity index (χ0v) is 9.03. The maximum absolute atomic E-state index is 11.4. The molecular weight excluding hydrogens is 196 g/mol. The topological polar surface area (TPSA) is 64.4 Å². The summed E-state index contributed by atoms with van der Waals surface area (Å²) < 4.78 is 9.60. The Kier molecular flexibility index (Phi) is 4.83. The van der Waals surface area contributed by atoms with Crippen LogP contribution in [0.3, 0.4) is 0 Å². The quantitative estimate of drug-likeness (QED) is 0.715. The van der Waals surface area contributed by atoms with Gasteiger partial charge in [0.05, 0.1) is 12.3 Å². The molecule has 0 saturated heterocycles. The van der Waals surface area contributed by atoms with Crippen LogP contribution in [-0.4, -0.2) is 23.8 Å². The number of hydrogen-bond donors (Lipinski definition) is 1. The number of aromatic nitrogens is 1. The van der Waals surface area contributed by atoms with Gasteiger partial charge in [-0.05, 0) is 13.3 Å². The van der Waals surface area contributed by atoms with Crippen LogP contribution in [0.1, 0.15) is 26.0 Å². The number of esters is 1. The molecule has 1 heterocycles. The Morgan fingerprint density at radius 1 is 1.67 bits per heavy atom. The molecule has 1 aromatic rings. The summed E-state index contributed by atoms with van der Waals surface area (Å²) in [5.41, 5.74) is 0.776. The third-order valence-electron chi connectivity index (χ3n) is 2.00. The Bertz CT molecular complexity index is 285. The van der Waals surface area contributed by atoms with E-state index in [4.69, 9.17) is 4.74 Å². The molecule has 5 heteroatoms. The summed E-state index contributed by atoms with van der Waals surface area (Å²) >= 11 is 0. The van der Waals surface area contributed by atoms with Crippen molar-refractivity contribution in [1.29, 1.82) is 0 Å². The lowest BCUT2D eigenvalue weighted by molar-refractivity contribution is -0.145. The van der Waals surface area contributed by atoms with Crippen LogP contribution in [0, 0.1) is 0 Å². The normalized spacial score (nSPS) is 12.4. The van der Waals surface area contributed by atoms with E-state index in [2.05, 4.69) is 15.0 Å². The fraction of sp³-hybridized carbons (Fsp3) is 0.600. The van der Waals surface area contributed by atoms with Gasteiger partial charge in [-0.15, -0.1) is 0 Å². The van der Waals surface area contributed by atoms with Crippen molar-refractivity contribution in [2.24, 2.45) is 0 Å². The van der Waals surface area contributed by atoms with Crippen LogP contribution < -0.4 is 5.32 Å². The number of ether oxygens (including phenoxy) is 1. The van der Waals surface area contributed by atoms with E-state index >= 15 is 0 Å². The number of carbonyl (C=O) groups excluding carboxylic acids is 1.